The molecule has 16 atom stereocenters. The van der Waals surface area contributed by atoms with Crippen molar-refractivity contribution in [2.45, 2.75) is 223 Å². The van der Waals surface area contributed by atoms with E-state index in [0.717, 1.165) is 11.1 Å². The highest BCUT2D eigenvalue weighted by Gasteiger charge is 2.42. The number of nitrogens with zero attached hydrogens (tertiary/aromatic N) is 1. The largest absolute Gasteiger partial charge is 0.480 e. The summed E-state index contributed by atoms with van der Waals surface area (Å²) in [5.74, 6) is -14.0. The van der Waals surface area contributed by atoms with Crippen molar-refractivity contribution in [3.63, 3.8) is 0 Å². The van der Waals surface area contributed by atoms with Gasteiger partial charge in [0.2, 0.25) is 76.8 Å². The van der Waals surface area contributed by atoms with Crippen molar-refractivity contribution in [3.05, 3.63) is 144 Å². The molecule has 1 heterocycles. The number of nitrogens with two attached hydrogens (primary N) is 3. The molecule has 4 aromatic carbocycles. The van der Waals surface area contributed by atoms with Crippen molar-refractivity contribution in [2.75, 3.05) is 37.7 Å². The Hall–Kier alpha value is -10.00. The summed E-state index contributed by atoms with van der Waals surface area (Å²) in [6, 6.07) is 18.3. The smallest absolute Gasteiger partial charge is 0.327 e. The van der Waals surface area contributed by atoms with E-state index < -0.39 is 192 Å². The molecule has 0 spiro atoms. The molecule has 116 heavy (non-hydrogen) atoms. The summed E-state index contributed by atoms with van der Waals surface area (Å²) in [4.78, 5) is 199. The van der Waals surface area contributed by atoms with Crippen LogP contribution in [0.5, 0.6) is 0 Å². The third-order valence-corrected chi connectivity index (χ3v) is 21.0. The number of aliphatic carboxylic acids is 1. The lowest BCUT2D eigenvalue weighted by molar-refractivity contribution is -0.142. The van der Waals surface area contributed by atoms with Gasteiger partial charge in [0, 0.05) is 37.3 Å². The van der Waals surface area contributed by atoms with Crippen LogP contribution in [0.15, 0.2) is 121 Å². The van der Waals surface area contributed by atoms with Crippen LogP contribution in [0.3, 0.4) is 0 Å². The average Bonchev–Trinajstić information content (AvgIpc) is 1.61. The maximum absolute atomic E-state index is 14.8. The number of hydrogen-bond donors (Lipinski definition) is 19. The molecular weight excluding hydrogens is 1530 g/mol. The van der Waals surface area contributed by atoms with Gasteiger partial charge in [0.25, 0.3) is 0 Å². The summed E-state index contributed by atoms with van der Waals surface area (Å²) in [7, 11) is 0. The monoisotopic (exact) mass is 1650 g/mol. The summed E-state index contributed by atoms with van der Waals surface area (Å²) in [6.07, 6.45) is 1.32. The molecule has 34 heteroatoms. The molecule has 636 valence electrons. The van der Waals surface area contributed by atoms with Gasteiger partial charge in [-0.15, -0.1) is 0 Å². The fourth-order valence-electron chi connectivity index (χ4n) is 13.0. The van der Waals surface area contributed by atoms with Gasteiger partial charge in [0.05, 0.1) is 18.7 Å². The Balaban J connectivity index is 1.29. The molecule has 4 aromatic rings. The Kier molecular flexibility index (Phi) is 42.0. The highest BCUT2D eigenvalue weighted by Crippen LogP contribution is 2.23. The summed E-state index contributed by atoms with van der Waals surface area (Å²) >= 11 is 8.39. The van der Waals surface area contributed by atoms with Crippen molar-refractivity contribution in [2.24, 2.45) is 35.0 Å². The van der Waals surface area contributed by atoms with Gasteiger partial charge >= 0.3 is 5.97 Å². The number of aliphatic hydroxyl groups excluding tert-OH is 1. The number of likely N-dealkylation sites (tertiary alicyclic amines) is 1. The molecule has 13 amide bonds. The number of thiol groups is 2. The van der Waals surface area contributed by atoms with Crippen molar-refractivity contribution >= 4 is 108 Å². The minimum Gasteiger partial charge on any atom is -0.480 e. The third kappa shape index (κ3) is 31.6. The lowest BCUT2D eigenvalue weighted by atomic mass is 9.96. The van der Waals surface area contributed by atoms with Gasteiger partial charge in [-0.2, -0.15) is 25.3 Å². The number of carboxylic acid groups (broad SMARTS) is 1. The molecule has 5 rings (SSSR count). The first-order chi connectivity index (χ1) is 55.4. The van der Waals surface area contributed by atoms with E-state index in [0.29, 0.717) is 56.1 Å². The Morgan fingerprint density at radius 3 is 1.22 bits per heavy atom. The van der Waals surface area contributed by atoms with Crippen molar-refractivity contribution < 1.29 is 77.3 Å². The molecule has 1 saturated heterocycles. The van der Waals surface area contributed by atoms with Gasteiger partial charge in [0.1, 0.15) is 72.5 Å². The van der Waals surface area contributed by atoms with Gasteiger partial charge in [-0.25, -0.2) is 4.79 Å². The summed E-state index contributed by atoms with van der Waals surface area (Å²) < 4.78 is 0. The molecule has 0 radical (unpaired) electrons. The Labute approximate surface area is 689 Å². The van der Waals surface area contributed by atoms with Crippen LogP contribution in [0, 0.1) is 17.8 Å². The zero-order valence-electron chi connectivity index (χ0n) is 67.2. The minimum absolute atomic E-state index is 0.0133. The molecule has 0 bridgehead atoms. The summed E-state index contributed by atoms with van der Waals surface area (Å²) in [5.41, 5.74) is 20.8. The minimum atomic E-state index is -1.68. The van der Waals surface area contributed by atoms with Gasteiger partial charge in [0.15, 0.2) is 0 Å². The number of rotatable bonds is 50. The first-order valence-electron chi connectivity index (χ1n) is 39.7. The highest BCUT2D eigenvalue weighted by atomic mass is 32.1. The van der Waals surface area contributed by atoms with Gasteiger partial charge in [-0.1, -0.05) is 176 Å². The maximum Gasteiger partial charge on any atom is 0.327 e. The SMILES string of the molecule is CC[C@H](C)[C@H](NC(=O)[C@H](CCCCN)NC(=O)[C@H](CS)NC(=O)[C@H](Cc1ccccc1)NC(=O)[C@@H](NC(=O)CNC(=O)[C@@H](NC(=O)[C@@H]1CCCN1C(=O)[C@H](Cc1ccccc1)NC(=O)[C@@H](N)Cc1ccccc1)[C@@H](C)CC)C(C)C)C(=O)N[C@@H](Cc1ccccc1)C(=O)N[C@@H](CCCCN)C(=O)N[C@H](C(=O)N[C@@H](CS)C(=O)O)[C@@H](C)O. The van der Waals surface area contributed by atoms with Crippen LogP contribution < -0.4 is 81.0 Å². The van der Waals surface area contributed by atoms with E-state index >= 15 is 0 Å². The number of carbonyl (C=O) groups excluding carboxylic acids is 13. The van der Waals surface area contributed by atoms with E-state index in [4.69, 9.17) is 17.2 Å². The molecule has 0 aliphatic carbocycles. The van der Waals surface area contributed by atoms with Crippen LogP contribution >= 0.6 is 25.3 Å². The standard InChI is InChI=1S/C82H120N16O16S2/c1-8-49(5)67(96-76(107)64-37-26-40-98(64)81(112)61(44-55-33-20-13-21-34-55)91-70(101)56(85)41-52-27-14-10-15-28-52)77(108)86-45-65(100)94-66(48(3)4)78(109)89-60(43-54-31-18-12-19-32-54)74(105)92-62(46-115)75(106)88-57(35-22-24-38-83)71(102)95-68(50(6)9-2)79(110)90-59(42-53-29-16-11-17-30-53)73(104)87-58(36-23-25-39-84)72(103)97-69(51(7)99)80(111)93-63(47-116)82(113)114/h10-21,27-34,48-51,56-64,66-69,99,115-116H,8-9,22-26,35-47,83-85H2,1-7H3,(H,86,108)(H,87,104)(H,88,106)(H,89,109)(H,90,110)(H,91,101)(H,92,105)(H,93,111)(H,94,100)(H,95,102)(H,96,107)(H,97,103)(H,113,114)/t49-,50-,51+,56-,57-,58-,59-,60-,61-,62-,63-,64-,66-,67-,68-,69-/m0/s1. The lowest BCUT2D eigenvalue weighted by Gasteiger charge is -2.31. The normalized spacial score (nSPS) is 16.4. The number of benzene rings is 4. The number of aliphatic hydroxyl groups is 1. The highest BCUT2D eigenvalue weighted by molar-refractivity contribution is 7.80. The van der Waals surface area contributed by atoms with Gasteiger partial charge in [-0.3, -0.25) is 62.3 Å². The number of hydrogen-bond acceptors (Lipinski definition) is 20. The molecule has 0 saturated carbocycles. The zero-order valence-corrected chi connectivity index (χ0v) is 69.0. The van der Waals surface area contributed by atoms with Crippen LogP contribution in [0.4, 0.5) is 0 Å². The molecule has 1 fully saturated rings. The topological polar surface area (TPSA) is 505 Å². The van der Waals surface area contributed by atoms with Gasteiger partial charge < -0.3 is 96.1 Å². The van der Waals surface area contributed by atoms with Crippen LogP contribution in [0.25, 0.3) is 0 Å². The first-order valence-corrected chi connectivity index (χ1v) is 41.0. The Bertz CT molecular complexity index is 3860. The predicted octanol–water partition coefficient (Wildman–Crippen LogP) is 0.0557. The van der Waals surface area contributed by atoms with Crippen molar-refractivity contribution in [1.29, 1.82) is 0 Å². The summed E-state index contributed by atoms with van der Waals surface area (Å²) in [6.45, 7) is 11.5. The molecule has 1 aliphatic rings. The number of carbonyl (C=O) groups is 14. The van der Waals surface area contributed by atoms with Crippen molar-refractivity contribution in [1.82, 2.24) is 68.7 Å². The van der Waals surface area contributed by atoms with Gasteiger partial charge in [-0.05, 0) is 118 Å². The number of nitrogens with one attached hydrogen (secondary N) is 12. The third-order valence-electron chi connectivity index (χ3n) is 20.3. The van der Waals surface area contributed by atoms with Crippen LogP contribution in [0.1, 0.15) is 135 Å². The quantitative estimate of drug-likeness (QED) is 0.0205. The molecule has 32 nitrogen and oxygen atoms in total. The second kappa shape index (κ2) is 50.5. The second-order valence-electron chi connectivity index (χ2n) is 29.7. The van der Waals surface area contributed by atoms with E-state index in [9.17, 15) is 77.3 Å². The summed E-state index contributed by atoms with van der Waals surface area (Å²) in [5, 5.41) is 52.1. The Morgan fingerprint density at radius 2 is 0.802 bits per heavy atom. The fourth-order valence-corrected chi connectivity index (χ4v) is 13.5. The van der Waals surface area contributed by atoms with Crippen LogP contribution in [-0.4, -0.2) is 220 Å². The van der Waals surface area contributed by atoms with E-state index in [1.54, 1.807) is 95.3 Å². The second-order valence-corrected chi connectivity index (χ2v) is 30.5. The zero-order chi connectivity index (χ0) is 85.6. The van der Waals surface area contributed by atoms with E-state index in [2.05, 4.69) is 89.1 Å². The number of carboxylic acids is 1. The van der Waals surface area contributed by atoms with Crippen LogP contribution in [-0.2, 0) is 92.8 Å². The number of amides is 13. The lowest BCUT2D eigenvalue weighted by Crippen LogP contribution is -2.62. The van der Waals surface area contributed by atoms with E-state index in [1.165, 1.54) is 11.8 Å². The molecular formula is C82H120N16O16S2. The first kappa shape index (κ1) is 96.6. The molecule has 0 unspecified atom stereocenters. The Morgan fingerprint density at radius 1 is 0.431 bits per heavy atom. The van der Waals surface area contributed by atoms with Crippen molar-refractivity contribution in [3.8, 4) is 0 Å². The fraction of sp³-hybridized carbons (Fsp3) is 0.537. The molecule has 20 N–H and O–H groups in total. The average molecular weight is 1650 g/mol. The van der Waals surface area contributed by atoms with Crippen LogP contribution in [0.2, 0.25) is 0 Å². The van der Waals surface area contributed by atoms with E-state index in [-0.39, 0.29) is 76.1 Å². The maximum atomic E-state index is 14.8. The number of unbranched alkanes of at least 4 members (excludes halogenated alkanes) is 2. The predicted molar refractivity (Wildman–Crippen MR) is 444 cm³/mol. The van der Waals surface area contributed by atoms with E-state index in [1.807, 2.05) is 67.6 Å². The molecule has 1 aliphatic heterocycles. The molecule has 0 aromatic heterocycles.